The second-order valence-electron chi connectivity index (χ2n) is 5.81. The zero-order chi connectivity index (χ0) is 18.4. The van der Waals surface area contributed by atoms with Crippen LogP contribution in [0.1, 0.15) is 29.3 Å². The molecular formula is C18H20N6O2. The van der Waals surface area contributed by atoms with Gasteiger partial charge in [0.25, 0.3) is 5.91 Å². The maximum atomic E-state index is 13.3. The molecule has 2 N–H and O–H groups in total. The largest absolute Gasteiger partial charge is 0.394 e. The fraction of sp³-hybridized carbons (Fsp3) is 0.278. The molecule has 3 rings (SSSR count). The zero-order valence-corrected chi connectivity index (χ0v) is 14.4. The summed E-state index contributed by atoms with van der Waals surface area (Å²) in [6.45, 7) is 2.21. The molecular weight excluding hydrogens is 332 g/mol. The van der Waals surface area contributed by atoms with Gasteiger partial charge < -0.3 is 10.0 Å². The fourth-order valence-corrected chi connectivity index (χ4v) is 2.79. The van der Waals surface area contributed by atoms with Crippen LogP contribution >= 0.6 is 0 Å². The predicted octanol–water partition coefficient (Wildman–Crippen LogP) is 1.67. The number of aromatic nitrogens is 5. The van der Waals surface area contributed by atoms with Crippen LogP contribution in [0.25, 0.3) is 11.4 Å². The molecule has 26 heavy (non-hydrogen) atoms. The number of rotatable bonds is 7. The summed E-state index contributed by atoms with van der Waals surface area (Å²) in [7, 11) is 0. The average Bonchev–Trinajstić information content (AvgIpc) is 3.23. The first-order valence-corrected chi connectivity index (χ1v) is 8.38. The van der Waals surface area contributed by atoms with Crippen molar-refractivity contribution in [2.24, 2.45) is 0 Å². The Morgan fingerprint density at radius 1 is 1.23 bits per heavy atom. The number of aliphatic hydroxyl groups is 1. The van der Waals surface area contributed by atoms with E-state index in [1.807, 2.05) is 25.1 Å². The number of carbonyl (C=O) groups is 1. The van der Waals surface area contributed by atoms with Gasteiger partial charge in [-0.15, -0.1) is 10.2 Å². The number of carbonyl (C=O) groups excluding carboxylic acids is 1. The van der Waals surface area contributed by atoms with Gasteiger partial charge in [-0.05, 0) is 35.4 Å². The normalized spacial score (nSPS) is 11.9. The molecule has 134 valence electrons. The number of hydrogen-bond acceptors (Lipinski definition) is 6. The number of amides is 1. The van der Waals surface area contributed by atoms with Crippen molar-refractivity contribution >= 4 is 5.91 Å². The molecule has 0 bridgehead atoms. The van der Waals surface area contributed by atoms with E-state index < -0.39 is 0 Å². The fourth-order valence-electron chi connectivity index (χ4n) is 2.79. The number of nitrogens with zero attached hydrogens (tertiary/aromatic N) is 5. The number of H-pyrrole nitrogens is 1. The van der Waals surface area contributed by atoms with Crippen LogP contribution in [0.5, 0.6) is 0 Å². The van der Waals surface area contributed by atoms with E-state index in [-0.39, 0.29) is 18.6 Å². The molecule has 0 saturated carbocycles. The number of aromatic amines is 1. The maximum Gasteiger partial charge on any atom is 0.255 e. The summed E-state index contributed by atoms with van der Waals surface area (Å²) in [5.41, 5.74) is 2.01. The smallest absolute Gasteiger partial charge is 0.255 e. The van der Waals surface area contributed by atoms with E-state index >= 15 is 0 Å². The van der Waals surface area contributed by atoms with E-state index in [4.69, 9.17) is 0 Å². The van der Waals surface area contributed by atoms with Gasteiger partial charge >= 0.3 is 0 Å². The van der Waals surface area contributed by atoms with Gasteiger partial charge in [0.05, 0.1) is 18.2 Å². The maximum absolute atomic E-state index is 13.3. The molecule has 0 aliphatic heterocycles. The second-order valence-corrected chi connectivity index (χ2v) is 5.81. The van der Waals surface area contributed by atoms with Gasteiger partial charge in [-0.25, -0.2) is 0 Å². The SMILES string of the molecule is CC[C@@H](CO)N(Cc1ccncc1)C(=O)c1ccccc1-c1nn[nH]n1. The van der Waals surface area contributed by atoms with E-state index in [0.717, 1.165) is 5.56 Å². The molecule has 2 heterocycles. The molecule has 3 aromatic rings. The molecule has 0 aliphatic rings. The third kappa shape index (κ3) is 3.75. The van der Waals surface area contributed by atoms with Gasteiger partial charge in [0, 0.05) is 24.5 Å². The van der Waals surface area contributed by atoms with Crippen LogP contribution in [0.4, 0.5) is 0 Å². The minimum absolute atomic E-state index is 0.113. The lowest BCUT2D eigenvalue weighted by molar-refractivity contribution is 0.0564. The van der Waals surface area contributed by atoms with Gasteiger partial charge in [0.2, 0.25) is 5.82 Å². The molecule has 1 aromatic carbocycles. The quantitative estimate of drug-likeness (QED) is 0.670. The van der Waals surface area contributed by atoms with E-state index in [1.165, 1.54) is 0 Å². The molecule has 1 amide bonds. The highest BCUT2D eigenvalue weighted by atomic mass is 16.3. The summed E-state index contributed by atoms with van der Waals surface area (Å²) in [6.07, 6.45) is 4.01. The number of benzene rings is 1. The van der Waals surface area contributed by atoms with Crippen molar-refractivity contribution in [1.82, 2.24) is 30.5 Å². The molecule has 0 fully saturated rings. The van der Waals surface area contributed by atoms with E-state index in [1.54, 1.807) is 35.5 Å². The summed E-state index contributed by atoms with van der Waals surface area (Å²) in [5, 5.41) is 23.7. The Hall–Kier alpha value is -3.13. The minimum atomic E-state index is -0.297. The van der Waals surface area contributed by atoms with Gasteiger partial charge in [0.1, 0.15) is 0 Å². The highest BCUT2D eigenvalue weighted by Gasteiger charge is 2.26. The number of nitrogens with one attached hydrogen (secondary N) is 1. The molecule has 8 heteroatoms. The van der Waals surface area contributed by atoms with Crippen molar-refractivity contribution in [3.05, 3.63) is 59.9 Å². The molecule has 0 radical (unpaired) electrons. The lowest BCUT2D eigenvalue weighted by Crippen LogP contribution is -2.41. The first-order valence-electron chi connectivity index (χ1n) is 8.38. The Bertz CT molecular complexity index is 834. The van der Waals surface area contributed by atoms with Crippen LogP contribution in [-0.4, -0.2) is 54.2 Å². The molecule has 0 aliphatic carbocycles. The molecule has 1 atom stereocenters. The summed E-state index contributed by atoms with van der Waals surface area (Å²) in [6, 6.07) is 10.5. The second kappa shape index (κ2) is 8.30. The average molecular weight is 352 g/mol. The topological polar surface area (TPSA) is 108 Å². The summed E-state index contributed by atoms with van der Waals surface area (Å²) < 4.78 is 0. The summed E-state index contributed by atoms with van der Waals surface area (Å²) >= 11 is 0. The lowest BCUT2D eigenvalue weighted by Gasteiger charge is -2.30. The third-order valence-corrected chi connectivity index (χ3v) is 4.23. The number of pyridine rings is 1. The Morgan fingerprint density at radius 3 is 2.65 bits per heavy atom. The molecule has 0 spiro atoms. The van der Waals surface area contributed by atoms with Crippen molar-refractivity contribution in [3.8, 4) is 11.4 Å². The highest BCUT2D eigenvalue weighted by Crippen LogP contribution is 2.23. The Kier molecular flexibility index (Phi) is 5.65. The molecule has 8 nitrogen and oxygen atoms in total. The van der Waals surface area contributed by atoms with Crippen molar-refractivity contribution < 1.29 is 9.90 Å². The van der Waals surface area contributed by atoms with Crippen LogP contribution in [0.2, 0.25) is 0 Å². The van der Waals surface area contributed by atoms with Crippen molar-refractivity contribution in [2.75, 3.05) is 6.61 Å². The monoisotopic (exact) mass is 352 g/mol. The van der Waals surface area contributed by atoms with E-state index in [0.29, 0.717) is 29.9 Å². The highest BCUT2D eigenvalue weighted by molar-refractivity contribution is 6.00. The van der Waals surface area contributed by atoms with Gasteiger partial charge in [0.15, 0.2) is 0 Å². The van der Waals surface area contributed by atoms with Gasteiger partial charge in [-0.1, -0.05) is 25.1 Å². The number of hydrogen-bond donors (Lipinski definition) is 2. The lowest BCUT2D eigenvalue weighted by atomic mass is 10.0. The first-order chi connectivity index (χ1) is 12.7. The van der Waals surface area contributed by atoms with E-state index in [2.05, 4.69) is 25.6 Å². The van der Waals surface area contributed by atoms with Crippen LogP contribution in [0.3, 0.4) is 0 Å². The van der Waals surface area contributed by atoms with Crippen LogP contribution in [0, 0.1) is 0 Å². The van der Waals surface area contributed by atoms with Crippen LogP contribution in [-0.2, 0) is 6.54 Å². The Balaban J connectivity index is 1.98. The molecule has 0 unspecified atom stereocenters. The number of tetrazole rings is 1. The molecule has 0 saturated heterocycles. The minimum Gasteiger partial charge on any atom is -0.394 e. The summed E-state index contributed by atoms with van der Waals surface area (Å²) in [5.74, 6) is 0.165. The van der Waals surface area contributed by atoms with Crippen molar-refractivity contribution in [1.29, 1.82) is 0 Å². The van der Waals surface area contributed by atoms with Crippen molar-refractivity contribution in [3.63, 3.8) is 0 Å². The first kappa shape index (κ1) is 17.7. The van der Waals surface area contributed by atoms with Gasteiger partial charge in [-0.3, -0.25) is 9.78 Å². The standard InChI is InChI=1S/C18H20N6O2/c1-2-14(12-25)24(11-13-7-9-19-10-8-13)18(26)16-6-4-3-5-15(16)17-20-22-23-21-17/h3-10,14,25H,2,11-12H2,1H3,(H,20,21,22,23)/t14-/m0/s1. The number of aliphatic hydroxyl groups excluding tert-OH is 1. The van der Waals surface area contributed by atoms with Crippen LogP contribution in [0.15, 0.2) is 48.8 Å². The predicted molar refractivity (Wildman–Crippen MR) is 94.9 cm³/mol. The summed E-state index contributed by atoms with van der Waals surface area (Å²) in [4.78, 5) is 19.0. The third-order valence-electron chi connectivity index (χ3n) is 4.23. The van der Waals surface area contributed by atoms with Crippen LogP contribution < -0.4 is 0 Å². The molecule has 2 aromatic heterocycles. The zero-order valence-electron chi connectivity index (χ0n) is 14.4. The van der Waals surface area contributed by atoms with E-state index in [9.17, 15) is 9.90 Å². The Labute approximate surface area is 150 Å². The Morgan fingerprint density at radius 2 is 2.00 bits per heavy atom. The van der Waals surface area contributed by atoms with Crippen molar-refractivity contribution in [2.45, 2.75) is 25.9 Å². The van der Waals surface area contributed by atoms with Gasteiger partial charge in [-0.2, -0.15) is 5.21 Å².